The smallest absolute Gasteiger partial charge is 0.181 e. The standard InChI is InChI=1S/C10H9ClN2O/c11-8-4-2-1-3-7(8)10-9(5-12)13-6-14-10/h1-4,6H,5,12H2. The molecule has 2 N–H and O–H groups in total. The van der Waals surface area contributed by atoms with Crippen LogP contribution >= 0.6 is 11.6 Å². The zero-order valence-corrected chi connectivity index (χ0v) is 8.16. The van der Waals surface area contributed by atoms with Crippen molar-refractivity contribution in [3.8, 4) is 11.3 Å². The van der Waals surface area contributed by atoms with E-state index in [1.54, 1.807) is 6.07 Å². The third-order valence-corrected chi connectivity index (χ3v) is 2.28. The third kappa shape index (κ3) is 1.52. The number of nitrogens with two attached hydrogens (primary N) is 1. The van der Waals surface area contributed by atoms with Crippen LogP contribution < -0.4 is 5.73 Å². The summed E-state index contributed by atoms with van der Waals surface area (Å²) in [6.07, 6.45) is 1.38. The molecule has 1 heterocycles. The molecule has 0 spiro atoms. The molecule has 0 saturated heterocycles. The largest absolute Gasteiger partial charge is 0.443 e. The Morgan fingerprint density at radius 3 is 2.86 bits per heavy atom. The van der Waals surface area contributed by atoms with Crippen molar-refractivity contribution in [2.75, 3.05) is 0 Å². The molecule has 0 radical (unpaired) electrons. The Morgan fingerprint density at radius 2 is 2.14 bits per heavy atom. The number of nitrogens with zero attached hydrogens (tertiary/aromatic N) is 1. The van der Waals surface area contributed by atoms with E-state index in [0.717, 1.165) is 11.3 Å². The van der Waals surface area contributed by atoms with Gasteiger partial charge in [0.15, 0.2) is 12.2 Å². The van der Waals surface area contributed by atoms with Gasteiger partial charge in [0, 0.05) is 12.1 Å². The van der Waals surface area contributed by atoms with Gasteiger partial charge in [-0.2, -0.15) is 0 Å². The minimum absolute atomic E-state index is 0.344. The van der Waals surface area contributed by atoms with Gasteiger partial charge in [-0.15, -0.1) is 0 Å². The van der Waals surface area contributed by atoms with Crippen LogP contribution in [0.5, 0.6) is 0 Å². The highest BCUT2D eigenvalue weighted by Crippen LogP contribution is 2.29. The van der Waals surface area contributed by atoms with E-state index in [4.69, 9.17) is 21.8 Å². The molecule has 0 amide bonds. The van der Waals surface area contributed by atoms with Crippen LogP contribution in [0.25, 0.3) is 11.3 Å². The van der Waals surface area contributed by atoms with Crippen LogP contribution in [-0.4, -0.2) is 4.98 Å². The molecule has 0 aliphatic rings. The molecule has 1 aromatic carbocycles. The zero-order valence-electron chi connectivity index (χ0n) is 7.40. The van der Waals surface area contributed by atoms with Crippen molar-refractivity contribution in [1.82, 2.24) is 4.98 Å². The molecule has 2 rings (SSSR count). The van der Waals surface area contributed by atoms with E-state index in [9.17, 15) is 0 Å². The average Bonchev–Trinajstić information content (AvgIpc) is 2.66. The van der Waals surface area contributed by atoms with Crippen LogP contribution in [-0.2, 0) is 6.54 Å². The summed E-state index contributed by atoms with van der Waals surface area (Å²) in [4.78, 5) is 4.00. The molecule has 72 valence electrons. The highest BCUT2D eigenvalue weighted by Gasteiger charge is 2.11. The second-order valence-corrected chi connectivity index (χ2v) is 3.22. The Kier molecular flexibility index (Phi) is 2.52. The van der Waals surface area contributed by atoms with Crippen molar-refractivity contribution in [2.45, 2.75) is 6.54 Å². The summed E-state index contributed by atoms with van der Waals surface area (Å²) in [5.41, 5.74) is 7.06. The van der Waals surface area contributed by atoms with Gasteiger partial charge >= 0.3 is 0 Å². The quantitative estimate of drug-likeness (QED) is 0.825. The van der Waals surface area contributed by atoms with Crippen molar-refractivity contribution in [2.24, 2.45) is 5.73 Å². The first kappa shape index (κ1) is 9.24. The second kappa shape index (κ2) is 3.82. The first-order chi connectivity index (χ1) is 6.83. The number of halogens is 1. The summed E-state index contributed by atoms with van der Waals surface area (Å²) in [7, 11) is 0. The molecular formula is C10H9ClN2O. The zero-order chi connectivity index (χ0) is 9.97. The lowest BCUT2D eigenvalue weighted by Gasteiger charge is -2.00. The fourth-order valence-corrected chi connectivity index (χ4v) is 1.50. The molecule has 1 aromatic heterocycles. The lowest BCUT2D eigenvalue weighted by molar-refractivity contribution is 0.571. The summed E-state index contributed by atoms with van der Waals surface area (Å²) in [6.45, 7) is 0.344. The lowest BCUT2D eigenvalue weighted by Crippen LogP contribution is -1.98. The van der Waals surface area contributed by atoms with E-state index in [1.165, 1.54) is 6.39 Å². The van der Waals surface area contributed by atoms with E-state index in [0.29, 0.717) is 17.3 Å². The molecule has 0 bridgehead atoms. The highest BCUT2D eigenvalue weighted by atomic mass is 35.5. The van der Waals surface area contributed by atoms with Gasteiger partial charge in [0.2, 0.25) is 0 Å². The summed E-state index contributed by atoms with van der Waals surface area (Å²) >= 11 is 6.02. The first-order valence-corrected chi connectivity index (χ1v) is 4.58. The van der Waals surface area contributed by atoms with E-state index in [1.807, 2.05) is 18.2 Å². The molecule has 4 heteroatoms. The van der Waals surface area contributed by atoms with Crippen LogP contribution in [0.3, 0.4) is 0 Å². The molecule has 0 aliphatic heterocycles. The molecule has 0 fully saturated rings. The number of rotatable bonds is 2. The molecular weight excluding hydrogens is 200 g/mol. The molecule has 0 atom stereocenters. The fourth-order valence-electron chi connectivity index (χ4n) is 1.28. The Hall–Kier alpha value is -1.32. The Morgan fingerprint density at radius 1 is 1.36 bits per heavy atom. The van der Waals surface area contributed by atoms with Crippen molar-refractivity contribution < 1.29 is 4.42 Å². The number of benzene rings is 1. The van der Waals surface area contributed by atoms with Gasteiger partial charge in [0.05, 0.1) is 5.02 Å². The summed E-state index contributed by atoms with van der Waals surface area (Å²) < 4.78 is 5.25. The predicted octanol–water partition coefficient (Wildman–Crippen LogP) is 2.45. The van der Waals surface area contributed by atoms with Gasteiger partial charge in [0.1, 0.15) is 5.69 Å². The summed E-state index contributed by atoms with van der Waals surface area (Å²) in [5, 5.41) is 0.638. The minimum Gasteiger partial charge on any atom is -0.443 e. The number of oxazole rings is 1. The third-order valence-electron chi connectivity index (χ3n) is 1.95. The van der Waals surface area contributed by atoms with Crippen LogP contribution in [0.4, 0.5) is 0 Å². The van der Waals surface area contributed by atoms with E-state index < -0.39 is 0 Å². The second-order valence-electron chi connectivity index (χ2n) is 2.81. The molecule has 14 heavy (non-hydrogen) atoms. The van der Waals surface area contributed by atoms with E-state index >= 15 is 0 Å². The number of hydrogen-bond donors (Lipinski definition) is 1. The summed E-state index contributed by atoms with van der Waals surface area (Å²) in [6, 6.07) is 7.44. The van der Waals surface area contributed by atoms with E-state index in [2.05, 4.69) is 4.98 Å². The Labute approximate surface area is 86.5 Å². The SMILES string of the molecule is NCc1ncoc1-c1ccccc1Cl. The van der Waals surface area contributed by atoms with E-state index in [-0.39, 0.29) is 0 Å². The maximum absolute atomic E-state index is 6.02. The van der Waals surface area contributed by atoms with Gasteiger partial charge in [-0.3, -0.25) is 0 Å². The maximum Gasteiger partial charge on any atom is 0.181 e. The van der Waals surface area contributed by atoms with Crippen LogP contribution in [0.15, 0.2) is 35.1 Å². The monoisotopic (exact) mass is 208 g/mol. The van der Waals surface area contributed by atoms with Crippen molar-refractivity contribution >= 4 is 11.6 Å². The normalized spacial score (nSPS) is 10.4. The Balaban J connectivity index is 2.54. The average molecular weight is 209 g/mol. The summed E-state index contributed by atoms with van der Waals surface area (Å²) in [5.74, 6) is 0.651. The molecule has 2 aromatic rings. The van der Waals surface area contributed by atoms with Gasteiger partial charge in [-0.1, -0.05) is 23.7 Å². The highest BCUT2D eigenvalue weighted by molar-refractivity contribution is 6.33. The minimum atomic E-state index is 0.344. The van der Waals surface area contributed by atoms with Crippen LogP contribution in [0.1, 0.15) is 5.69 Å². The number of aromatic nitrogens is 1. The molecule has 0 unspecified atom stereocenters. The van der Waals surface area contributed by atoms with Gasteiger partial charge < -0.3 is 10.2 Å². The predicted molar refractivity (Wildman–Crippen MR) is 54.8 cm³/mol. The Bertz CT molecular complexity index is 439. The van der Waals surface area contributed by atoms with Crippen molar-refractivity contribution in [3.63, 3.8) is 0 Å². The molecule has 0 aliphatic carbocycles. The van der Waals surface area contributed by atoms with Gasteiger partial charge in [-0.05, 0) is 12.1 Å². The van der Waals surface area contributed by atoms with Crippen molar-refractivity contribution in [3.05, 3.63) is 41.4 Å². The molecule has 3 nitrogen and oxygen atoms in total. The maximum atomic E-state index is 6.02. The van der Waals surface area contributed by atoms with Crippen LogP contribution in [0, 0.1) is 0 Å². The lowest BCUT2D eigenvalue weighted by atomic mass is 10.1. The first-order valence-electron chi connectivity index (χ1n) is 4.20. The topological polar surface area (TPSA) is 52.0 Å². The fraction of sp³-hybridized carbons (Fsp3) is 0.100. The van der Waals surface area contributed by atoms with Gasteiger partial charge in [-0.25, -0.2) is 4.98 Å². The van der Waals surface area contributed by atoms with Crippen molar-refractivity contribution in [1.29, 1.82) is 0 Å². The van der Waals surface area contributed by atoms with Crippen LogP contribution in [0.2, 0.25) is 5.02 Å². The van der Waals surface area contributed by atoms with Gasteiger partial charge in [0.25, 0.3) is 0 Å². The molecule has 0 saturated carbocycles. The number of hydrogen-bond acceptors (Lipinski definition) is 3.